The van der Waals surface area contributed by atoms with E-state index in [1.165, 1.54) is 6.26 Å². The van der Waals surface area contributed by atoms with Crippen LogP contribution in [0, 0.1) is 0 Å². The number of hydrogen-bond acceptors (Lipinski definition) is 4. The summed E-state index contributed by atoms with van der Waals surface area (Å²) in [6, 6.07) is 3.77. The van der Waals surface area contributed by atoms with Crippen molar-refractivity contribution < 1.29 is 8.42 Å². The summed E-state index contributed by atoms with van der Waals surface area (Å²) in [7, 11) is -2.94. The van der Waals surface area contributed by atoms with Gasteiger partial charge in [-0.2, -0.15) is 0 Å². The van der Waals surface area contributed by atoms with Gasteiger partial charge in [0, 0.05) is 24.0 Å². The minimum atomic E-state index is -2.94. The highest BCUT2D eigenvalue weighted by atomic mass is 32.2. The van der Waals surface area contributed by atoms with Crippen LogP contribution in [0.25, 0.3) is 10.9 Å². The highest BCUT2D eigenvalue weighted by molar-refractivity contribution is 7.90. The van der Waals surface area contributed by atoms with E-state index in [0.717, 1.165) is 16.5 Å². The molecule has 0 unspecified atom stereocenters. The highest BCUT2D eigenvalue weighted by Crippen LogP contribution is 2.15. The van der Waals surface area contributed by atoms with Crippen LogP contribution in [-0.2, 0) is 16.3 Å². The third-order valence-corrected chi connectivity index (χ3v) is 3.30. The molecule has 0 aliphatic rings. The maximum Gasteiger partial charge on any atom is 0.147 e. The van der Waals surface area contributed by atoms with Crippen molar-refractivity contribution in [2.75, 3.05) is 12.0 Å². The normalized spacial score (nSPS) is 11.8. The largest absolute Gasteiger partial charge is 0.262 e. The zero-order chi connectivity index (χ0) is 11.6. The van der Waals surface area contributed by atoms with Gasteiger partial charge in [-0.05, 0) is 18.1 Å². The number of hydrogen-bond donors (Lipinski definition) is 0. The van der Waals surface area contributed by atoms with E-state index in [2.05, 4.69) is 9.97 Å². The summed E-state index contributed by atoms with van der Waals surface area (Å²) in [6.07, 6.45) is 6.80. The molecule has 0 atom stereocenters. The van der Waals surface area contributed by atoms with Crippen molar-refractivity contribution in [1.82, 2.24) is 9.97 Å². The summed E-state index contributed by atoms with van der Waals surface area (Å²) in [5.41, 5.74) is 1.73. The fourth-order valence-electron chi connectivity index (χ4n) is 1.55. The smallest absolute Gasteiger partial charge is 0.147 e. The van der Waals surface area contributed by atoms with Gasteiger partial charge in [0.25, 0.3) is 0 Å². The van der Waals surface area contributed by atoms with Crippen LogP contribution in [0.5, 0.6) is 0 Å². The van der Waals surface area contributed by atoms with Crippen LogP contribution in [0.15, 0.2) is 30.7 Å². The predicted molar refractivity (Wildman–Crippen MR) is 63.0 cm³/mol. The van der Waals surface area contributed by atoms with E-state index in [9.17, 15) is 8.42 Å². The van der Waals surface area contributed by atoms with Crippen molar-refractivity contribution in [1.29, 1.82) is 0 Å². The SMILES string of the molecule is CS(=O)(=O)CCc1cncc2ncccc12. The van der Waals surface area contributed by atoms with Crippen molar-refractivity contribution >= 4 is 20.7 Å². The van der Waals surface area contributed by atoms with Crippen LogP contribution in [0.2, 0.25) is 0 Å². The van der Waals surface area contributed by atoms with Crippen molar-refractivity contribution in [3.8, 4) is 0 Å². The van der Waals surface area contributed by atoms with Gasteiger partial charge < -0.3 is 0 Å². The van der Waals surface area contributed by atoms with Crippen molar-refractivity contribution in [3.05, 3.63) is 36.3 Å². The standard InChI is InChI=1S/C11H12N2O2S/c1-16(14,15)6-4-9-7-12-8-11-10(9)3-2-5-13-11/h2-3,5,7-8H,4,6H2,1H3. The Bertz CT molecular complexity index is 603. The third-order valence-electron chi connectivity index (χ3n) is 2.35. The van der Waals surface area contributed by atoms with E-state index in [0.29, 0.717) is 6.42 Å². The Morgan fingerprint density at radius 1 is 1.31 bits per heavy atom. The van der Waals surface area contributed by atoms with Crippen LogP contribution < -0.4 is 0 Å². The second-order valence-corrected chi connectivity index (χ2v) is 6.01. The first-order valence-corrected chi connectivity index (χ1v) is 6.98. The van der Waals surface area contributed by atoms with E-state index in [1.807, 2.05) is 12.1 Å². The molecule has 2 aromatic heterocycles. The third kappa shape index (κ3) is 2.55. The molecule has 0 bridgehead atoms. The second-order valence-electron chi connectivity index (χ2n) is 3.75. The second kappa shape index (κ2) is 4.17. The lowest BCUT2D eigenvalue weighted by atomic mass is 10.1. The van der Waals surface area contributed by atoms with Crippen molar-refractivity contribution in [2.24, 2.45) is 0 Å². The van der Waals surface area contributed by atoms with Crippen LogP contribution >= 0.6 is 0 Å². The fraction of sp³-hybridized carbons (Fsp3) is 0.273. The summed E-state index contributed by atoms with van der Waals surface area (Å²) < 4.78 is 22.2. The molecule has 0 aliphatic carbocycles. The maximum absolute atomic E-state index is 11.1. The molecule has 2 aromatic rings. The number of aryl methyl sites for hydroxylation is 1. The number of nitrogens with zero attached hydrogens (tertiary/aromatic N) is 2. The van der Waals surface area contributed by atoms with Crippen molar-refractivity contribution in [3.63, 3.8) is 0 Å². The molecule has 0 aliphatic heterocycles. The topological polar surface area (TPSA) is 59.9 Å². The molecule has 84 valence electrons. The first-order valence-electron chi connectivity index (χ1n) is 4.91. The van der Waals surface area contributed by atoms with Crippen LogP contribution in [-0.4, -0.2) is 30.4 Å². The van der Waals surface area contributed by atoms with Gasteiger partial charge in [0.05, 0.1) is 17.5 Å². The zero-order valence-corrected chi connectivity index (χ0v) is 9.74. The Morgan fingerprint density at radius 3 is 2.88 bits per heavy atom. The Morgan fingerprint density at radius 2 is 2.12 bits per heavy atom. The number of sulfone groups is 1. The molecule has 4 nitrogen and oxygen atoms in total. The molecular formula is C11H12N2O2S. The molecule has 0 radical (unpaired) electrons. The average Bonchev–Trinajstić information content (AvgIpc) is 2.25. The van der Waals surface area contributed by atoms with E-state index in [1.54, 1.807) is 18.6 Å². The lowest BCUT2D eigenvalue weighted by Crippen LogP contribution is -2.06. The first-order chi connectivity index (χ1) is 7.56. The predicted octanol–water partition coefficient (Wildman–Crippen LogP) is 1.22. The molecule has 0 saturated carbocycles. The fourth-order valence-corrected chi connectivity index (χ4v) is 2.14. The van der Waals surface area contributed by atoms with E-state index >= 15 is 0 Å². The Kier molecular flexibility index (Phi) is 2.87. The molecule has 2 rings (SSSR count). The van der Waals surface area contributed by atoms with Crippen LogP contribution in [0.3, 0.4) is 0 Å². The molecule has 0 aromatic carbocycles. The lowest BCUT2D eigenvalue weighted by Gasteiger charge is -2.03. The van der Waals surface area contributed by atoms with Crippen LogP contribution in [0.1, 0.15) is 5.56 Å². The van der Waals surface area contributed by atoms with Gasteiger partial charge in [-0.3, -0.25) is 9.97 Å². The molecule has 5 heteroatoms. The summed E-state index contributed by atoms with van der Waals surface area (Å²) >= 11 is 0. The van der Waals surface area contributed by atoms with Gasteiger partial charge >= 0.3 is 0 Å². The number of pyridine rings is 2. The Labute approximate surface area is 94.3 Å². The van der Waals surface area contributed by atoms with Gasteiger partial charge in [-0.1, -0.05) is 6.07 Å². The Hall–Kier alpha value is -1.49. The van der Waals surface area contributed by atoms with E-state index in [4.69, 9.17) is 0 Å². The zero-order valence-electron chi connectivity index (χ0n) is 8.92. The molecular weight excluding hydrogens is 224 g/mol. The van der Waals surface area contributed by atoms with Gasteiger partial charge in [0.15, 0.2) is 0 Å². The van der Waals surface area contributed by atoms with Gasteiger partial charge in [-0.25, -0.2) is 8.42 Å². The lowest BCUT2D eigenvalue weighted by molar-refractivity contribution is 0.601. The number of rotatable bonds is 3. The van der Waals surface area contributed by atoms with Crippen LogP contribution in [0.4, 0.5) is 0 Å². The quantitative estimate of drug-likeness (QED) is 0.804. The highest BCUT2D eigenvalue weighted by Gasteiger charge is 2.06. The molecule has 0 amide bonds. The molecule has 2 heterocycles. The molecule has 0 N–H and O–H groups in total. The number of fused-ring (bicyclic) bond motifs is 1. The monoisotopic (exact) mass is 236 g/mol. The minimum Gasteiger partial charge on any atom is -0.262 e. The summed E-state index contributed by atoms with van der Waals surface area (Å²) in [4.78, 5) is 8.23. The van der Waals surface area contributed by atoms with Gasteiger partial charge in [-0.15, -0.1) is 0 Å². The van der Waals surface area contributed by atoms with Crippen molar-refractivity contribution in [2.45, 2.75) is 6.42 Å². The van der Waals surface area contributed by atoms with E-state index < -0.39 is 9.84 Å². The Balaban J connectivity index is 2.38. The summed E-state index contributed by atoms with van der Waals surface area (Å²) in [5, 5.41) is 0.973. The molecule has 0 spiro atoms. The summed E-state index contributed by atoms with van der Waals surface area (Å²) in [5.74, 6) is 0.142. The molecule has 0 fully saturated rings. The van der Waals surface area contributed by atoms with Gasteiger partial charge in [0.2, 0.25) is 0 Å². The van der Waals surface area contributed by atoms with E-state index in [-0.39, 0.29) is 5.75 Å². The summed E-state index contributed by atoms with van der Waals surface area (Å²) in [6.45, 7) is 0. The molecule has 0 saturated heterocycles. The minimum absolute atomic E-state index is 0.142. The van der Waals surface area contributed by atoms with Gasteiger partial charge in [0.1, 0.15) is 9.84 Å². The molecule has 16 heavy (non-hydrogen) atoms. The maximum atomic E-state index is 11.1. The number of aromatic nitrogens is 2. The average molecular weight is 236 g/mol. The first kappa shape index (κ1) is 11.0.